The van der Waals surface area contributed by atoms with Crippen LogP contribution in [0, 0.1) is 0 Å². The molecule has 1 aliphatic heterocycles. The molecule has 1 aromatic rings. The van der Waals surface area contributed by atoms with Crippen LogP contribution in [0.3, 0.4) is 0 Å². The number of carbonyl (C=O) groups is 1. The van der Waals surface area contributed by atoms with Crippen molar-refractivity contribution < 1.29 is 18.1 Å². The Morgan fingerprint density at radius 1 is 1.19 bits per heavy atom. The molecule has 150 valence electrons. The summed E-state index contributed by atoms with van der Waals surface area (Å²) >= 11 is 0. The van der Waals surface area contributed by atoms with Crippen molar-refractivity contribution in [3.05, 3.63) is 29.8 Å². The van der Waals surface area contributed by atoms with Crippen LogP contribution < -0.4 is 10.2 Å². The van der Waals surface area contributed by atoms with Gasteiger partial charge in [0.2, 0.25) is 10.0 Å². The summed E-state index contributed by atoms with van der Waals surface area (Å²) in [5.41, 5.74) is 1.17. The van der Waals surface area contributed by atoms with Gasteiger partial charge < -0.3 is 10.2 Å². The molecular weight excluding hydrogens is 362 g/mol. The number of quaternary nitrogens is 1. The van der Waals surface area contributed by atoms with E-state index in [1.165, 1.54) is 5.56 Å². The molecule has 1 saturated carbocycles. The van der Waals surface area contributed by atoms with E-state index in [4.69, 9.17) is 0 Å². The highest BCUT2D eigenvalue weighted by Crippen LogP contribution is 2.22. The van der Waals surface area contributed by atoms with Crippen LogP contribution in [0.25, 0.3) is 0 Å². The Kier molecular flexibility index (Phi) is 6.23. The molecule has 0 radical (unpaired) electrons. The van der Waals surface area contributed by atoms with Gasteiger partial charge in [-0.2, -0.15) is 4.31 Å². The lowest BCUT2D eigenvalue weighted by molar-refractivity contribution is -0.917. The third kappa shape index (κ3) is 4.70. The molecule has 1 aliphatic carbocycles. The second-order valence-electron chi connectivity index (χ2n) is 7.95. The van der Waals surface area contributed by atoms with Crippen LogP contribution >= 0.6 is 0 Å². The smallest absolute Gasteiger partial charge is 0.278 e. The van der Waals surface area contributed by atoms with Crippen LogP contribution in [0.15, 0.2) is 29.2 Å². The van der Waals surface area contributed by atoms with Crippen molar-refractivity contribution in [1.29, 1.82) is 0 Å². The molecule has 1 heterocycles. The molecule has 1 aromatic carbocycles. The molecule has 27 heavy (non-hydrogen) atoms. The van der Waals surface area contributed by atoms with Gasteiger partial charge in [0.05, 0.1) is 31.1 Å². The lowest BCUT2D eigenvalue weighted by atomic mass is 9.99. The molecule has 0 bridgehead atoms. The molecule has 2 N–H and O–H groups in total. The van der Waals surface area contributed by atoms with Crippen LogP contribution in [0.4, 0.5) is 0 Å². The van der Waals surface area contributed by atoms with Gasteiger partial charge >= 0.3 is 0 Å². The maximum absolute atomic E-state index is 12.9. The summed E-state index contributed by atoms with van der Waals surface area (Å²) in [6.07, 6.45) is 3.19. The highest BCUT2D eigenvalue weighted by Gasteiger charge is 2.35. The zero-order valence-corrected chi connectivity index (χ0v) is 17.4. The van der Waals surface area contributed by atoms with Crippen molar-refractivity contribution in [1.82, 2.24) is 9.62 Å². The third-order valence-corrected chi connectivity index (χ3v) is 7.91. The topological polar surface area (TPSA) is 70.9 Å². The Morgan fingerprint density at radius 3 is 2.30 bits per heavy atom. The van der Waals surface area contributed by atoms with Gasteiger partial charge in [0.1, 0.15) is 0 Å². The molecular formula is C20H32N3O3S+. The van der Waals surface area contributed by atoms with Crippen molar-refractivity contribution in [2.45, 2.75) is 62.9 Å². The first-order valence-corrected chi connectivity index (χ1v) is 11.5. The summed E-state index contributed by atoms with van der Waals surface area (Å²) < 4.78 is 27.4. The third-order valence-electron chi connectivity index (χ3n) is 5.99. The summed E-state index contributed by atoms with van der Waals surface area (Å²) in [6.45, 7) is 8.42. The molecule has 1 amide bonds. The average Bonchev–Trinajstić information content (AvgIpc) is 3.51. The molecule has 7 heteroatoms. The van der Waals surface area contributed by atoms with E-state index in [1.54, 1.807) is 16.4 Å². The van der Waals surface area contributed by atoms with Crippen molar-refractivity contribution in [3.63, 3.8) is 0 Å². The van der Waals surface area contributed by atoms with Gasteiger partial charge in [-0.25, -0.2) is 8.42 Å². The molecule has 2 fully saturated rings. The molecule has 3 rings (SSSR count). The largest absolute Gasteiger partial charge is 0.348 e. The summed E-state index contributed by atoms with van der Waals surface area (Å²) in [6, 6.07) is 7.52. The van der Waals surface area contributed by atoms with Crippen LogP contribution in [-0.4, -0.2) is 56.9 Å². The number of hydrogen-bond acceptors (Lipinski definition) is 3. The second-order valence-corrected chi connectivity index (χ2v) is 9.88. The minimum Gasteiger partial charge on any atom is -0.348 e. The van der Waals surface area contributed by atoms with E-state index in [2.05, 4.69) is 19.2 Å². The summed E-state index contributed by atoms with van der Waals surface area (Å²) in [4.78, 5) is 13.8. The Bertz CT molecular complexity index is 751. The van der Waals surface area contributed by atoms with Gasteiger partial charge in [-0.15, -0.1) is 0 Å². The lowest BCUT2D eigenvalue weighted by Gasteiger charge is -2.34. The molecule has 2 aliphatic rings. The van der Waals surface area contributed by atoms with E-state index in [9.17, 15) is 13.2 Å². The molecule has 0 aromatic heterocycles. The normalized spacial score (nSPS) is 21.6. The van der Waals surface area contributed by atoms with Crippen LogP contribution in [0.2, 0.25) is 0 Å². The minimum absolute atomic E-state index is 0.0874. The second kappa shape index (κ2) is 8.29. The maximum atomic E-state index is 12.9. The maximum Gasteiger partial charge on any atom is 0.278 e. The number of carbonyl (C=O) groups excluding carboxylic acids is 1. The van der Waals surface area contributed by atoms with Gasteiger partial charge in [0, 0.05) is 6.04 Å². The number of nitrogens with zero attached hydrogens (tertiary/aromatic N) is 1. The van der Waals surface area contributed by atoms with E-state index in [0.29, 0.717) is 43.0 Å². The van der Waals surface area contributed by atoms with Gasteiger partial charge in [-0.05, 0) is 49.8 Å². The Hall–Kier alpha value is -1.44. The van der Waals surface area contributed by atoms with Gasteiger partial charge in [0.25, 0.3) is 5.91 Å². The quantitative estimate of drug-likeness (QED) is 0.717. The predicted molar refractivity (Wildman–Crippen MR) is 105 cm³/mol. The number of benzene rings is 1. The Balaban J connectivity index is 1.59. The van der Waals surface area contributed by atoms with Crippen molar-refractivity contribution >= 4 is 15.9 Å². The molecule has 1 saturated heterocycles. The highest BCUT2D eigenvalue weighted by atomic mass is 32.2. The van der Waals surface area contributed by atoms with Crippen LogP contribution in [0.1, 0.15) is 51.5 Å². The monoisotopic (exact) mass is 394 g/mol. The van der Waals surface area contributed by atoms with Crippen molar-refractivity contribution in [3.8, 4) is 0 Å². The summed E-state index contributed by atoms with van der Waals surface area (Å²) in [7, 11) is -3.47. The number of sulfonamides is 1. The molecule has 6 nitrogen and oxygen atoms in total. The Labute approximate surface area is 163 Å². The summed E-state index contributed by atoms with van der Waals surface area (Å²) in [5.74, 6) is 0.515. The molecule has 0 unspecified atom stereocenters. The highest BCUT2D eigenvalue weighted by molar-refractivity contribution is 7.89. The number of nitrogens with one attached hydrogen (secondary N) is 2. The fraction of sp³-hybridized carbons (Fsp3) is 0.650. The van der Waals surface area contributed by atoms with Gasteiger partial charge in [-0.1, -0.05) is 26.0 Å². The summed E-state index contributed by atoms with van der Waals surface area (Å²) in [5, 5.41) is 3.05. The van der Waals surface area contributed by atoms with Crippen LogP contribution in [0.5, 0.6) is 0 Å². The fourth-order valence-corrected chi connectivity index (χ4v) is 4.98. The number of piperazine rings is 1. The van der Waals surface area contributed by atoms with E-state index in [1.807, 2.05) is 19.1 Å². The van der Waals surface area contributed by atoms with Crippen LogP contribution in [-0.2, 0) is 14.8 Å². The standard InChI is InChI=1S/C20H31N3O3S/c1-4-15(2)17-5-9-19(10-6-17)27(25,26)23-13-11-22(12-14-23)16(3)20(24)21-18-7-8-18/h5-6,9-10,15-16,18H,4,7-8,11-14H2,1-3H3,(H,21,24)/p+1/t15-,16+/m0/s1. The van der Waals surface area contributed by atoms with E-state index in [-0.39, 0.29) is 11.9 Å². The first-order chi connectivity index (χ1) is 12.8. The number of rotatable bonds is 7. The zero-order chi connectivity index (χ0) is 19.6. The first kappa shape index (κ1) is 20.3. The van der Waals surface area contributed by atoms with Gasteiger partial charge in [0.15, 0.2) is 6.04 Å². The number of hydrogen-bond donors (Lipinski definition) is 2. The van der Waals surface area contributed by atoms with E-state index >= 15 is 0 Å². The fourth-order valence-electron chi connectivity index (χ4n) is 3.54. The molecule has 2 atom stereocenters. The zero-order valence-electron chi connectivity index (χ0n) is 16.6. The average molecular weight is 395 g/mol. The first-order valence-electron chi connectivity index (χ1n) is 10.1. The van der Waals surface area contributed by atoms with Crippen molar-refractivity contribution in [2.24, 2.45) is 0 Å². The van der Waals surface area contributed by atoms with Gasteiger partial charge in [-0.3, -0.25) is 4.79 Å². The lowest BCUT2D eigenvalue weighted by Crippen LogP contribution is -3.19. The SMILES string of the molecule is CC[C@H](C)c1ccc(S(=O)(=O)N2CC[NH+]([C@H](C)C(=O)NC3CC3)CC2)cc1. The minimum atomic E-state index is -3.47. The molecule has 0 spiro atoms. The van der Waals surface area contributed by atoms with E-state index in [0.717, 1.165) is 24.2 Å². The Morgan fingerprint density at radius 2 is 1.78 bits per heavy atom. The predicted octanol–water partition coefficient (Wildman–Crippen LogP) is 0.756. The van der Waals surface area contributed by atoms with E-state index < -0.39 is 10.0 Å². The number of amides is 1. The van der Waals surface area contributed by atoms with Crippen molar-refractivity contribution in [2.75, 3.05) is 26.2 Å².